The molecule has 1 aromatic carbocycles. The molecule has 0 bridgehead atoms. The molecule has 1 aromatic rings. The number of benzene rings is 1. The highest BCUT2D eigenvalue weighted by atomic mass is 16.5. The number of methoxy groups -OCH3 is 1. The topological polar surface area (TPSA) is 47.7 Å². The molecule has 2 N–H and O–H groups in total. The first-order valence-electron chi connectivity index (χ1n) is 9.00. The van der Waals surface area contributed by atoms with Gasteiger partial charge in [0.05, 0.1) is 13.7 Å². The molecule has 1 aliphatic heterocycles. The Morgan fingerprint density at radius 2 is 1.96 bits per heavy atom. The molecule has 4 heteroatoms. The Morgan fingerprint density at radius 3 is 2.65 bits per heavy atom. The Hall–Kier alpha value is -1.26. The Morgan fingerprint density at radius 1 is 1.17 bits per heavy atom. The molecule has 0 saturated carbocycles. The van der Waals surface area contributed by atoms with Gasteiger partial charge in [-0.1, -0.05) is 32.3 Å². The second-order valence-electron chi connectivity index (χ2n) is 6.50. The van der Waals surface area contributed by atoms with Crippen LogP contribution in [0.5, 0.6) is 11.5 Å². The number of nitrogens with two attached hydrogens (primary N) is 1. The summed E-state index contributed by atoms with van der Waals surface area (Å²) in [6, 6.07) is 6.55. The summed E-state index contributed by atoms with van der Waals surface area (Å²) >= 11 is 0. The van der Waals surface area contributed by atoms with Gasteiger partial charge in [0, 0.05) is 24.2 Å². The monoisotopic (exact) mass is 320 g/mol. The average Bonchev–Trinajstić information content (AvgIpc) is 2.58. The molecule has 2 rings (SSSR count). The van der Waals surface area contributed by atoms with Crippen LogP contribution in [-0.4, -0.2) is 37.7 Å². The molecule has 1 saturated heterocycles. The van der Waals surface area contributed by atoms with Crippen LogP contribution in [0, 0.1) is 0 Å². The van der Waals surface area contributed by atoms with Crippen LogP contribution in [0.25, 0.3) is 0 Å². The van der Waals surface area contributed by atoms with Crippen molar-refractivity contribution in [2.24, 2.45) is 5.73 Å². The van der Waals surface area contributed by atoms with Crippen molar-refractivity contribution in [1.82, 2.24) is 4.90 Å². The van der Waals surface area contributed by atoms with Crippen LogP contribution in [0.3, 0.4) is 0 Å². The number of piperidine rings is 1. The second kappa shape index (κ2) is 9.78. The van der Waals surface area contributed by atoms with Gasteiger partial charge >= 0.3 is 0 Å². The van der Waals surface area contributed by atoms with Crippen molar-refractivity contribution in [3.63, 3.8) is 0 Å². The SMILES string of the molecule is CCCCCCOc1cc(OC)ccc1CN1CCC(N)CC1. The number of nitrogens with zero attached hydrogens (tertiary/aromatic N) is 1. The predicted octanol–water partition coefficient (Wildman–Crippen LogP) is 3.58. The molecule has 0 spiro atoms. The van der Waals surface area contributed by atoms with Gasteiger partial charge in [-0.05, 0) is 38.4 Å². The first-order valence-corrected chi connectivity index (χ1v) is 9.00. The highest BCUT2D eigenvalue weighted by molar-refractivity contribution is 5.40. The molecule has 130 valence electrons. The molecular weight excluding hydrogens is 288 g/mol. The molecule has 4 nitrogen and oxygen atoms in total. The third-order valence-corrected chi connectivity index (χ3v) is 4.56. The van der Waals surface area contributed by atoms with Crippen molar-refractivity contribution < 1.29 is 9.47 Å². The van der Waals surface area contributed by atoms with Gasteiger partial charge in [-0.3, -0.25) is 4.90 Å². The lowest BCUT2D eigenvalue weighted by molar-refractivity contribution is 0.201. The minimum Gasteiger partial charge on any atom is -0.497 e. The van der Waals surface area contributed by atoms with Crippen LogP contribution in [0.1, 0.15) is 51.0 Å². The lowest BCUT2D eigenvalue weighted by atomic mass is 10.0. The van der Waals surface area contributed by atoms with Crippen molar-refractivity contribution in [3.05, 3.63) is 23.8 Å². The fourth-order valence-corrected chi connectivity index (χ4v) is 2.99. The average molecular weight is 320 g/mol. The van der Waals surface area contributed by atoms with Gasteiger partial charge < -0.3 is 15.2 Å². The number of likely N-dealkylation sites (tertiary alicyclic amines) is 1. The van der Waals surface area contributed by atoms with Gasteiger partial charge in [0.15, 0.2) is 0 Å². The number of ether oxygens (including phenoxy) is 2. The standard InChI is InChI=1S/C19H32N2O2/c1-3-4-5-6-13-23-19-14-18(22-2)8-7-16(19)15-21-11-9-17(20)10-12-21/h7-8,14,17H,3-6,9-13,15,20H2,1-2H3. The summed E-state index contributed by atoms with van der Waals surface area (Å²) < 4.78 is 11.4. The number of rotatable bonds is 9. The number of hydrogen-bond acceptors (Lipinski definition) is 4. The van der Waals surface area contributed by atoms with E-state index in [9.17, 15) is 0 Å². The molecule has 0 atom stereocenters. The van der Waals surface area contributed by atoms with Gasteiger partial charge in [-0.15, -0.1) is 0 Å². The zero-order valence-corrected chi connectivity index (χ0v) is 14.7. The third-order valence-electron chi connectivity index (χ3n) is 4.56. The minimum absolute atomic E-state index is 0.372. The van der Waals surface area contributed by atoms with Crippen molar-refractivity contribution in [1.29, 1.82) is 0 Å². The smallest absolute Gasteiger partial charge is 0.127 e. The van der Waals surface area contributed by atoms with Crippen LogP contribution in [-0.2, 0) is 6.54 Å². The number of unbranched alkanes of at least 4 members (excludes halogenated alkanes) is 3. The first kappa shape index (κ1) is 18.1. The predicted molar refractivity (Wildman–Crippen MR) is 95.1 cm³/mol. The Balaban J connectivity index is 1.93. The lowest BCUT2D eigenvalue weighted by Gasteiger charge is -2.30. The molecular formula is C19H32N2O2. The van der Waals surface area contributed by atoms with E-state index in [4.69, 9.17) is 15.2 Å². The van der Waals surface area contributed by atoms with Gasteiger partial charge in [0.1, 0.15) is 11.5 Å². The fourth-order valence-electron chi connectivity index (χ4n) is 2.99. The van der Waals surface area contributed by atoms with Crippen LogP contribution in [0.2, 0.25) is 0 Å². The van der Waals surface area contributed by atoms with E-state index >= 15 is 0 Å². The summed E-state index contributed by atoms with van der Waals surface area (Å²) in [4.78, 5) is 2.47. The normalized spacial score (nSPS) is 16.5. The summed E-state index contributed by atoms with van der Waals surface area (Å²) in [5.74, 6) is 1.83. The van der Waals surface area contributed by atoms with Crippen molar-refractivity contribution >= 4 is 0 Å². The van der Waals surface area contributed by atoms with E-state index < -0.39 is 0 Å². The van der Waals surface area contributed by atoms with E-state index in [1.54, 1.807) is 7.11 Å². The highest BCUT2D eigenvalue weighted by Gasteiger charge is 2.17. The summed E-state index contributed by atoms with van der Waals surface area (Å²) in [5, 5.41) is 0. The summed E-state index contributed by atoms with van der Waals surface area (Å²) in [7, 11) is 1.70. The van der Waals surface area contributed by atoms with Gasteiger partial charge in [-0.25, -0.2) is 0 Å². The first-order chi connectivity index (χ1) is 11.2. The molecule has 0 radical (unpaired) electrons. The fraction of sp³-hybridized carbons (Fsp3) is 0.684. The van der Waals surface area contributed by atoms with E-state index in [2.05, 4.69) is 17.9 Å². The molecule has 0 amide bonds. The van der Waals surface area contributed by atoms with Crippen molar-refractivity contribution in [2.45, 2.75) is 58.0 Å². The molecule has 0 aliphatic carbocycles. The van der Waals surface area contributed by atoms with Gasteiger partial charge in [0.2, 0.25) is 0 Å². The Labute approximate surface area is 140 Å². The zero-order valence-electron chi connectivity index (χ0n) is 14.7. The maximum absolute atomic E-state index is 6.06. The second-order valence-corrected chi connectivity index (χ2v) is 6.50. The van der Waals surface area contributed by atoms with E-state index in [0.717, 1.165) is 57.0 Å². The summed E-state index contributed by atoms with van der Waals surface area (Å²) in [5.41, 5.74) is 7.24. The maximum Gasteiger partial charge on any atom is 0.127 e. The van der Waals surface area contributed by atoms with Crippen LogP contribution >= 0.6 is 0 Å². The zero-order chi connectivity index (χ0) is 16.5. The van der Waals surface area contributed by atoms with Crippen LogP contribution < -0.4 is 15.2 Å². The highest BCUT2D eigenvalue weighted by Crippen LogP contribution is 2.27. The van der Waals surface area contributed by atoms with Crippen molar-refractivity contribution in [3.8, 4) is 11.5 Å². The van der Waals surface area contributed by atoms with Crippen LogP contribution in [0.15, 0.2) is 18.2 Å². The number of hydrogen-bond donors (Lipinski definition) is 1. The van der Waals surface area contributed by atoms with Crippen molar-refractivity contribution in [2.75, 3.05) is 26.8 Å². The maximum atomic E-state index is 6.06. The third kappa shape index (κ3) is 6.04. The minimum atomic E-state index is 0.372. The van der Waals surface area contributed by atoms with E-state index in [0.29, 0.717) is 6.04 Å². The molecule has 1 heterocycles. The summed E-state index contributed by atoms with van der Waals surface area (Å²) in [6.07, 6.45) is 7.06. The van der Waals surface area contributed by atoms with Crippen LogP contribution in [0.4, 0.5) is 0 Å². The molecule has 1 aliphatic rings. The lowest BCUT2D eigenvalue weighted by Crippen LogP contribution is -2.39. The quantitative estimate of drug-likeness (QED) is 0.707. The Kier molecular flexibility index (Phi) is 7.69. The molecule has 23 heavy (non-hydrogen) atoms. The Bertz CT molecular complexity index is 457. The molecule has 0 unspecified atom stereocenters. The summed E-state index contributed by atoms with van der Waals surface area (Å²) in [6.45, 7) is 6.09. The van der Waals surface area contributed by atoms with E-state index in [1.807, 2.05) is 12.1 Å². The van der Waals surface area contributed by atoms with Gasteiger partial charge in [-0.2, -0.15) is 0 Å². The molecule has 1 fully saturated rings. The van der Waals surface area contributed by atoms with E-state index in [-0.39, 0.29) is 0 Å². The van der Waals surface area contributed by atoms with Gasteiger partial charge in [0.25, 0.3) is 0 Å². The largest absolute Gasteiger partial charge is 0.497 e. The molecule has 0 aromatic heterocycles. The van der Waals surface area contributed by atoms with E-state index in [1.165, 1.54) is 24.8 Å².